The first-order valence-corrected chi connectivity index (χ1v) is 6.71. The number of nitrogens with one attached hydrogen (secondary N) is 1. The fraction of sp³-hybridized carbons (Fsp3) is 0.750. The van der Waals surface area contributed by atoms with Crippen LogP contribution >= 0.6 is 11.3 Å². The highest BCUT2D eigenvalue weighted by molar-refractivity contribution is 7.11. The molecular formula is C12H22N2OS. The molecule has 0 aliphatic carbocycles. The Balaban J connectivity index is 2.63. The van der Waals surface area contributed by atoms with E-state index in [1.54, 1.807) is 11.3 Å². The van der Waals surface area contributed by atoms with Gasteiger partial charge in [0.05, 0.1) is 10.7 Å². The number of aliphatic hydroxyl groups excluding tert-OH is 1. The highest BCUT2D eigenvalue weighted by Gasteiger charge is 2.15. The summed E-state index contributed by atoms with van der Waals surface area (Å²) in [4.78, 5) is 5.75. The highest BCUT2D eigenvalue weighted by Crippen LogP contribution is 2.25. The Bertz CT molecular complexity index is 325. The fourth-order valence-electron chi connectivity index (χ4n) is 1.94. The molecule has 0 saturated carbocycles. The number of thiazole rings is 1. The normalized spacial score (nSPS) is 15.1. The van der Waals surface area contributed by atoms with Gasteiger partial charge in [-0.25, -0.2) is 4.98 Å². The van der Waals surface area contributed by atoms with E-state index in [1.165, 1.54) is 4.88 Å². The minimum Gasteiger partial charge on any atom is -0.396 e. The second-order valence-corrected chi connectivity index (χ2v) is 5.42. The smallest absolute Gasteiger partial charge is 0.0900 e. The molecular weight excluding hydrogens is 220 g/mol. The van der Waals surface area contributed by atoms with Gasteiger partial charge in [-0.05, 0) is 33.6 Å². The standard InChI is InChI=1S/C12H22N2OS/c1-5-11(6-7-15)14-9(3)12-8(2)13-10(4)16-12/h9,11,14-15H,5-7H2,1-4H3. The first-order valence-electron chi connectivity index (χ1n) is 5.89. The summed E-state index contributed by atoms with van der Waals surface area (Å²) in [5.74, 6) is 0. The van der Waals surface area contributed by atoms with Crippen molar-refractivity contribution in [3.63, 3.8) is 0 Å². The summed E-state index contributed by atoms with van der Waals surface area (Å²) < 4.78 is 0. The maximum atomic E-state index is 8.96. The molecule has 16 heavy (non-hydrogen) atoms. The molecule has 1 aromatic heterocycles. The third-order valence-corrected chi connectivity index (χ3v) is 4.04. The number of aromatic nitrogens is 1. The minimum absolute atomic E-state index is 0.249. The van der Waals surface area contributed by atoms with Gasteiger partial charge in [-0.15, -0.1) is 11.3 Å². The summed E-state index contributed by atoms with van der Waals surface area (Å²) in [5.41, 5.74) is 1.13. The van der Waals surface area contributed by atoms with E-state index < -0.39 is 0 Å². The number of hydrogen-bond acceptors (Lipinski definition) is 4. The Kier molecular flexibility index (Phi) is 5.38. The van der Waals surface area contributed by atoms with Crippen LogP contribution in [0.15, 0.2) is 0 Å². The molecule has 0 saturated heterocycles. The van der Waals surface area contributed by atoms with Crippen LogP contribution < -0.4 is 5.32 Å². The number of hydrogen-bond donors (Lipinski definition) is 2. The average Bonchev–Trinajstić information content (AvgIpc) is 2.57. The molecule has 0 spiro atoms. The summed E-state index contributed by atoms with van der Waals surface area (Å²) in [6.45, 7) is 8.66. The maximum absolute atomic E-state index is 8.96. The van der Waals surface area contributed by atoms with E-state index in [1.807, 2.05) is 6.92 Å². The molecule has 0 aliphatic rings. The summed E-state index contributed by atoms with van der Waals surface area (Å²) in [7, 11) is 0. The van der Waals surface area contributed by atoms with Gasteiger partial charge in [0.2, 0.25) is 0 Å². The van der Waals surface area contributed by atoms with E-state index in [0.717, 1.165) is 23.5 Å². The molecule has 0 amide bonds. The first-order chi connectivity index (χ1) is 7.58. The number of rotatable bonds is 6. The van der Waals surface area contributed by atoms with Gasteiger partial charge in [0.1, 0.15) is 0 Å². The second kappa shape index (κ2) is 6.33. The molecule has 2 unspecified atom stereocenters. The van der Waals surface area contributed by atoms with Gasteiger partial charge in [0.15, 0.2) is 0 Å². The Morgan fingerprint density at radius 3 is 2.56 bits per heavy atom. The Morgan fingerprint density at radius 1 is 1.44 bits per heavy atom. The Morgan fingerprint density at radius 2 is 2.12 bits per heavy atom. The predicted octanol–water partition coefficient (Wildman–Crippen LogP) is 2.57. The lowest BCUT2D eigenvalue weighted by Crippen LogP contribution is -2.31. The molecule has 0 bridgehead atoms. The van der Waals surface area contributed by atoms with E-state index in [-0.39, 0.29) is 6.61 Å². The maximum Gasteiger partial charge on any atom is 0.0900 e. The summed E-state index contributed by atoms with van der Waals surface area (Å²) in [6, 6.07) is 0.713. The highest BCUT2D eigenvalue weighted by atomic mass is 32.1. The molecule has 1 aromatic rings. The van der Waals surface area contributed by atoms with Crippen LogP contribution in [0.3, 0.4) is 0 Å². The molecule has 2 atom stereocenters. The molecule has 92 valence electrons. The topological polar surface area (TPSA) is 45.1 Å². The molecule has 4 heteroatoms. The monoisotopic (exact) mass is 242 g/mol. The van der Waals surface area contributed by atoms with Gasteiger partial charge in [-0.2, -0.15) is 0 Å². The van der Waals surface area contributed by atoms with Gasteiger partial charge in [-0.3, -0.25) is 0 Å². The van der Waals surface area contributed by atoms with Crippen molar-refractivity contribution < 1.29 is 5.11 Å². The van der Waals surface area contributed by atoms with Crippen molar-refractivity contribution in [2.45, 2.75) is 52.6 Å². The van der Waals surface area contributed by atoms with Gasteiger partial charge in [0, 0.05) is 23.6 Å². The van der Waals surface area contributed by atoms with Crippen LogP contribution in [-0.4, -0.2) is 22.7 Å². The SMILES string of the molecule is CCC(CCO)NC(C)c1sc(C)nc1C. The minimum atomic E-state index is 0.249. The Labute approximate surface area is 102 Å². The third kappa shape index (κ3) is 3.54. The van der Waals surface area contributed by atoms with Gasteiger partial charge in [-0.1, -0.05) is 6.92 Å². The lowest BCUT2D eigenvalue weighted by molar-refractivity contribution is 0.257. The van der Waals surface area contributed by atoms with Crippen molar-refractivity contribution in [3.8, 4) is 0 Å². The lowest BCUT2D eigenvalue weighted by atomic mass is 10.1. The van der Waals surface area contributed by atoms with Crippen LogP contribution in [0.25, 0.3) is 0 Å². The van der Waals surface area contributed by atoms with Crippen LogP contribution in [0.5, 0.6) is 0 Å². The van der Waals surface area contributed by atoms with Crippen LogP contribution in [0, 0.1) is 13.8 Å². The predicted molar refractivity (Wildman–Crippen MR) is 68.9 cm³/mol. The second-order valence-electron chi connectivity index (χ2n) is 4.19. The van der Waals surface area contributed by atoms with E-state index in [2.05, 4.69) is 31.1 Å². The fourth-order valence-corrected chi connectivity index (χ4v) is 2.88. The zero-order valence-electron chi connectivity index (χ0n) is 10.6. The van der Waals surface area contributed by atoms with Gasteiger partial charge >= 0.3 is 0 Å². The molecule has 0 aliphatic heterocycles. The summed E-state index contributed by atoms with van der Waals surface area (Å²) in [6.07, 6.45) is 1.86. The van der Waals surface area contributed by atoms with E-state index in [4.69, 9.17) is 5.11 Å². The van der Waals surface area contributed by atoms with Crippen LogP contribution in [0.2, 0.25) is 0 Å². The van der Waals surface area contributed by atoms with Crippen molar-refractivity contribution in [1.29, 1.82) is 0 Å². The van der Waals surface area contributed by atoms with E-state index in [0.29, 0.717) is 12.1 Å². The number of nitrogens with zero attached hydrogens (tertiary/aromatic N) is 1. The molecule has 1 rings (SSSR count). The van der Waals surface area contributed by atoms with Crippen molar-refractivity contribution >= 4 is 11.3 Å². The van der Waals surface area contributed by atoms with Crippen LogP contribution in [0.1, 0.15) is 48.3 Å². The molecule has 0 fully saturated rings. The summed E-state index contributed by atoms with van der Waals surface area (Å²) in [5, 5.41) is 13.6. The molecule has 3 nitrogen and oxygen atoms in total. The van der Waals surface area contributed by atoms with E-state index in [9.17, 15) is 0 Å². The average molecular weight is 242 g/mol. The molecule has 0 radical (unpaired) electrons. The van der Waals surface area contributed by atoms with Gasteiger partial charge < -0.3 is 10.4 Å². The zero-order chi connectivity index (χ0) is 12.1. The van der Waals surface area contributed by atoms with E-state index >= 15 is 0 Å². The van der Waals surface area contributed by atoms with Crippen molar-refractivity contribution in [2.24, 2.45) is 0 Å². The van der Waals surface area contributed by atoms with Crippen LogP contribution in [0.4, 0.5) is 0 Å². The molecule has 2 N–H and O–H groups in total. The quantitative estimate of drug-likeness (QED) is 0.806. The zero-order valence-corrected chi connectivity index (χ0v) is 11.4. The Hall–Kier alpha value is -0.450. The molecule has 1 heterocycles. The van der Waals surface area contributed by atoms with Crippen LogP contribution in [-0.2, 0) is 0 Å². The van der Waals surface area contributed by atoms with Crippen molar-refractivity contribution in [3.05, 3.63) is 15.6 Å². The van der Waals surface area contributed by atoms with Crippen molar-refractivity contribution in [2.75, 3.05) is 6.61 Å². The summed E-state index contributed by atoms with van der Waals surface area (Å²) >= 11 is 1.76. The lowest BCUT2D eigenvalue weighted by Gasteiger charge is -2.21. The van der Waals surface area contributed by atoms with Gasteiger partial charge in [0.25, 0.3) is 0 Å². The first kappa shape index (κ1) is 13.6. The largest absolute Gasteiger partial charge is 0.396 e. The number of aliphatic hydroxyl groups is 1. The number of aryl methyl sites for hydroxylation is 2. The third-order valence-electron chi connectivity index (χ3n) is 2.79. The van der Waals surface area contributed by atoms with Crippen molar-refractivity contribution in [1.82, 2.24) is 10.3 Å². The molecule has 0 aromatic carbocycles.